The minimum Gasteiger partial charge on any atom is -0.492 e. The van der Waals surface area contributed by atoms with Gasteiger partial charge in [-0.2, -0.15) is 0 Å². The Labute approximate surface area is 178 Å². The van der Waals surface area contributed by atoms with Crippen LogP contribution in [0.4, 0.5) is 0 Å². The summed E-state index contributed by atoms with van der Waals surface area (Å²) in [6.45, 7) is 6.63. The van der Waals surface area contributed by atoms with Crippen LogP contribution >= 0.6 is 28.1 Å². The predicted molar refractivity (Wildman–Crippen MR) is 116 cm³/mol. The van der Waals surface area contributed by atoms with E-state index in [-0.39, 0.29) is 11.0 Å². The summed E-state index contributed by atoms with van der Waals surface area (Å²) in [6, 6.07) is 12.1. The maximum absolute atomic E-state index is 12.3. The van der Waals surface area contributed by atoms with Gasteiger partial charge in [0.25, 0.3) is 11.8 Å². The Kier molecular flexibility index (Phi) is 7.95. The van der Waals surface area contributed by atoms with E-state index in [1.807, 2.05) is 19.1 Å². The number of ether oxygens (including phenoxy) is 1. The Balaban J connectivity index is 1.87. The number of aryl methyl sites for hydroxylation is 1. The highest BCUT2D eigenvalue weighted by molar-refractivity contribution is 9.10. The molecular formula is C20H22BrN3O3S. The summed E-state index contributed by atoms with van der Waals surface area (Å²) in [5, 5.41) is 2.50. The summed E-state index contributed by atoms with van der Waals surface area (Å²) < 4.78 is 6.34. The van der Waals surface area contributed by atoms with Gasteiger partial charge in [-0.15, -0.1) is 0 Å². The predicted octanol–water partition coefficient (Wildman–Crippen LogP) is 3.74. The Hall–Kier alpha value is -2.45. The molecule has 2 aromatic rings. The number of halogens is 1. The number of thiocarbonyl (C=S) groups is 1. The monoisotopic (exact) mass is 463 g/mol. The van der Waals surface area contributed by atoms with Gasteiger partial charge in [-0.1, -0.05) is 31.5 Å². The molecule has 0 aliphatic heterocycles. The SMILES string of the molecule is Cc1ccc(C(=O)NNC(=S)NC(=O)c2ccc(OCC(C)C)c(Br)c2)cc1. The average molecular weight is 464 g/mol. The maximum Gasteiger partial charge on any atom is 0.269 e. The third-order valence-corrected chi connectivity index (χ3v) is 4.42. The molecule has 28 heavy (non-hydrogen) atoms. The summed E-state index contributed by atoms with van der Waals surface area (Å²) in [5.74, 6) is 0.300. The van der Waals surface area contributed by atoms with Gasteiger partial charge in [0.1, 0.15) is 5.75 Å². The van der Waals surface area contributed by atoms with Crippen molar-refractivity contribution in [3.05, 3.63) is 63.6 Å². The highest BCUT2D eigenvalue weighted by atomic mass is 79.9. The fourth-order valence-corrected chi connectivity index (χ4v) is 2.75. The fraction of sp³-hybridized carbons (Fsp3) is 0.250. The van der Waals surface area contributed by atoms with Crippen LogP contribution < -0.4 is 20.9 Å². The number of hydrazine groups is 1. The van der Waals surface area contributed by atoms with Crippen molar-refractivity contribution in [3.8, 4) is 5.75 Å². The molecule has 0 atom stereocenters. The Bertz CT molecular complexity index is 869. The first kappa shape index (κ1) is 21.8. The lowest BCUT2D eigenvalue weighted by atomic mass is 10.1. The van der Waals surface area contributed by atoms with Crippen molar-refractivity contribution >= 4 is 45.1 Å². The number of hydrogen-bond donors (Lipinski definition) is 3. The molecule has 6 nitrogen and oxygen atoms in total. The van der Waals surface area contributed by atoms with Crippen molar-refractivity contribution in [2.75, 3.05) is 6.61 Å². The van der Waals surface area contributed by atoms with Gasteiger partial charge >= 0.3 is 0 Å². The van der Waals surface area contributed by atoms with E-state index >= 15 is 0 Å². The molecule has 0 aliphatic rings. The second-order valence-electron chi connectivity index (χ2n) is 6.58. The fourth-order valence-electron chi connectivity index (χ4n) is 2.11. The number of carbonyl (C=O) groups is 2. The molecule has 148 valence electrons. The third kappa shape index (κ3) is 6.61. The molecular weight excluding hydrogens is 442 g/mol. The Morgan fingerprint density at radius 3 is 2.29 bits per heavy atom. The van der Waals surface area contributed by atoms with E-state index in [1.165, 1.54) is 0 Å². The number of nitrogens with one attached hydrogen (secondary N) is 3. The lowest BCUT2D eigenvalue weighted by molar-refractivity contribution is 0.0934. The van der Waals surface area contributed by atoms with E-state index in [0.29, 0.717) is 33.9 Å². The zero-order valence-electron chi connectivity index (χ0n) is 15.8. The third-order valence-electron chi connectivity index (χ3n) is 3.60. The van der Waals surface area contributed by atoms with Gasteiger partial charge in [-0.3, -0.25) is 25.8 Å². The van der Waals surface area contributed by atoms with E-state index in [9.17, 15) is 9.59 Å². The molecule has 0 saturated heterocycles. The number of amides is 2. The van der Waals surface area contributed by atoms with Crippen LogP contribution in [0.5, 0.6) is 5.75 Å². The first-order valence-corrected chi connectivity index (χ1v) is 9.87. The maximum atomic E-state index is 12.3. The van der Waals surface area contributed by atoms with Crippen LogP contribution in [-0.2, 0) is 0 Å². The van der Waals surface area contributed by atoms with Crippen LogP contribution in [0.25, 0.3) is 0 Å². The van der Waals surface area contributed by atoms with E-state index < -0.39 is 5.91 Å². The van der Waals surface area contributed by atoms with E-state index in [1.54, 1.807) is 30.3 Å². The molecule has 0 aliphatic carbocycles. The number of rotatable bonds is 5. The average Bonchev–Trinajstić information content (AvgIpc) is 2.65. The van der Waals surface area contributed by atoms with Crippen molar-refractivity contribution in [1.82, 2.24) is 16.2 Å². The van der Waals surface area contributed by atoms with Gasteiger partial charge in [0.2, 0.25) is 0 Å². The molecule has 2 aromatic carbocycles. The van der Waals surface area contributed by atoms with Crippen LogP contribution in [0.15, 0.2) is 46.9 Å². The van der Waals surface area contributed by atoms with E-state index in [0.717, 1.165) is 5.56 Å². The van der Waals surface area contributed by atoms with Gasteiger partial charge in [0.15, 0.2) is 5.11 Å². The smallest absolute Gasteiger partial charge is 0.269 e. The summed E-state index contributed by atoms with van der Waals surface area (Å²) in [5.41, 5.74) is 6.90. The number of hydrogen-bond acceptors (Lipinski definition) is 4. The Morgan fingerprint density at radius 1 is 1.04 bits per heavy atom. The zero-order chi connectivity index (χ0) is 20.7. The lowest BCUT2D eigenvalue weighted by Crippen LogP contribution is -2.48. The van der Waals surface area contributed by atoms with Gasteiger partial charge in [-0.05, 0) is 71.3 Å². The van der Waals surface area contributed by atoms with Crippen LogP contribution in [0.2, 0.25) is 0 Å². The molecule has 0 radical (unpaired) electrons. The minimum absolute atomic E-state index is 0.0123. The number of benzene rings is 2. The lowest BCUT2D eigenvalue weighted by Gasteiger charge is -2.13. The molecule has 0 unspecified atom stereocenters. The Morgan fingerprint density at radius 2 is 1.68 bits per heavy atom. The normalized spacial score (nSPS) is 10.3. The molecule has 2 rings (SSSR count). The van der Waals surface area contributed by atoms with Crippen LogP contribution in [0, 0.1) is 12.8 Å². The minimum atomic E-state index is -0.404. The van der Waals surface area contributed by atoms with Crippen molar-refractivity contribution in [2.45, 2.75) is 20.8 Å². The van der Waals surface area contributed by atoms with Crippen molar-refractivity contribution < 1.29 is 14.3 Å². The molecule has 0 bridgehead atoms. The van der Waals surface area contributed by atoms with Gasteiger partial charge in [0, 0.05) is 11.1 Å². The van der Waals surface area contributed by atoms with E-state index in [2.05, 4.69) is 45.9 Å². The molecule has 0 fully saturated rings. The highest BCUT2D eigenvalue weighted by Crippen LogP contribution is 2.26. The molecule has 0 aromatic heterocycles. The number of carbonyl (C=O) groups excluding carboxylic acids is 2. The largest absolute Gasteiger partial charge is 0.492 e. The van der Waals surface area contributed by atoms with Crippen molar-refractivity contribution in [1.29, 1.82) is 0 Å². The van der Waals surface area contributed by atoms with Crippen LogP contribution in [0.3, 0.4) is 0 Å². The summed E-state index contributed by atoms with van der Waals surface area (Å²) in [7, 11) is 0. The molecule has 8 heteroatoms. The zero-order valence-corrected chi connectivity index (χ0v) is 18.2. The van der Waals surface area contributed by atoms with Gasteiger partial charge in [0.05, 0.1) is 11.1 Å². The second-order valence-corrected chi connectivity index (χ2v) is 7.84. The molecule has 2 amide bonds. The second kappa shape index (κ2) is 10.2. The first-order chi connectivity index (χ1) is 13.3. The molecule has 0 saturated carbocycles. The van der Waals surface area contributed by atoms with Gasteiger partial charge in [-0.25, -0.2) is 0 Å². The standard InChI is InChI=1S/C20H22BrN3O3S/c1-12(2)11-27-17-9-8-15(10-16(17)21)18(25)22-20(28)24-23-19(26)14-6-4-13(3)5-7-14/h4-10,12H,11H2,1-3H3,(H,23,26)(H2,22,24,25,28). The molecule has 3 N–H and O–H groups in total. The summed E-state index contributed by atoms with van der Waals surface area (Å²) in [6.07, 6.45) is 0. The summed E-state index contributed by atoms with van der Waals surface area (Å²) >= 11 is 8.46. The highest BCUT2D eigenvalue weighted by Gasteiger charge is 2.12. The van der Waals surface area contributed by atoms with Crippen LogP contribution in [0.1, 0.15) is 40.1 Å². The molecule has 0 spiro atoms. The van der Waals surface area contributed by atoms with Gasteiger partial charge < -0.3 is 4.74 Å². The quantitative estimate of drug-likeness (QED) is 0.464. The van der Waals surface area contributed by atoms with Crippen molar-refractivity contribution in [3.63, 3.8) is 0 Å². The van der Waals surface area contributed by atoms with E-state index in [4.69, 9.17) is 17.0 Å². The van der Waals surface area contributed by atoms with Crippen LogP contribution in [-0.4, -0.2) is 23.5 Å². The molecule has 0 heterocycles. The van der Waals surface area contributed by atoms with Crippen molar-refractivity contribution in [2.24, 2.45) is 5.92 Å². The topological polar surface area (TPSA) is 79.5 Å². The summed E-state index contributed by atoms with van der Waals surface area (Å²) in [4.78, 5) is 24.4. The first-order valence-electron chi connectivity index (χ1n) is 8.67.